The van der Waals surface area contributed by atoms with Gasteiger partial charge in [0.15, 0.2) is 0 Å². The predicted octanol–water partition coefficient (Wildman–Crippen LogP) is 2.59. The monoisotopic (exact) mass is 442 g/mol. The molecule has 6 nitrogen and oxygen atoms in total. The Hall–Kier alpha value is -2.25. The SMILES string of the molecule is C[C@@H]1OC(=O)[C@@H]([NH3+])COC[C@H](OCCCc2ccccc2)[C@H]1OCCCc1ccccc1. The summed E-state index contributed by atoms with van der Waals surface area (Å²) in [5.74, 6) is -0.361. The van der Waals surface area contributed by atoms with Crippen LogP contribution >= 0.6 is 0 Å². The Balaban J connectivity index is 1.54. The Morgan fingerprint density at radius 1 is 0.875 bits per heavy atom. The highest BCUT2D eigenvalue weighted by molar-refractivity contribution is 5.74. The van der Waals surface area contributed by atoms with Crippen molar-refractivity contribution in [2.45, 2.75) is 57.0 Å². The average Bonchev–Trinajstić information content (AvgIpc) is 2.86. The number of rotatable bonds is 10. The topological polar surface area (TPSA) is 81.6 Å². The van der Waals surface area contributed by atoms with E-state index in [1.807, 2.05) is 43.3 Å². The van der Waals surface area contributed by atoms with Gasteiger partial charge >= 0.3 is 5.97 Å². The summed E-state index contributed by atoms with van der Waals surface area (Å²) in [4.78, 5) is 12.3. The number of benzene rings is 2. The molecule has 0 radical (unpaired) electrons. The molecule has 2 aromatic rings. The van der Waals surface area contributed by atoms with Crippen LogP contribution in [0.3, 0.4) is 0 Å². The van der Waals surface area contributed by atoms with Crippen LogP contribution in [0.5, 0.6) is 0 Å². The Bertz CT molecular complexity index is 785. The lowest BCUT2D eigenvalue weighted by Crippen LogP contribution is -2.67. The fourth-order valence-corrected chi connectivity index (χ4v) is 3.82. The molecule has 3 N–H and O–H groups in total. The lowest BCUT2D eigenvalue weighted by molar-refractivity contribution is -0.415. The van der Waals surface area contributed by atoms with Gasteiger partial charge in [-0.05, 0) is 43.7 Å². The molecule has 0 spiro atoms. The Labute approximate surface area is 191 Å². The van der Waals surface area contributed by atoms with Gasteiger partial charge in [0.1, 0.15) is 24.9 Å². The Kier molecular flexibility index (Phi) is 10.2. The van der Waals surface area contributed by atoms with Crippen LogP contribution in [0.2, 0.25) is 0 Å². The van der Waals surface area contributed by atoms with Crippen LogP contribution in [0, 0.1) is 0 Å². The Morgan fingerprint density at radius 3 is 2.03 bits per heavy atom. The molecule has 2 aromatic carbocycles. The van der Waals surface area contributed by atoms with Crippen molar-refractivity contribution in [2.75, 3.05) is 26.4 Å². The summed E-state index contributed by atoms with van der Waals surface area (Å²) in [5, 5.41) is 0. The summed E-state index contributed by atoms with van der Waals surface area (Å²) in [5.41, 5.74) is 6.41. The van der Waals surface area contributed by atoms with Gasteiger partial charge in [0.2, 0.25) is 6.04 Å². The molecular weight excluding hydrogens is 406 g/mol. The molecule has 0 saturated carbocycles. The first-order valence-electron chi connectivity index (χ1n) is 11.6. The fourth-order valence-electron chi connectivity index (χ4n) is 3.82. The van der Waals surface area contributed by atoms with Crippen molar-refractivity contribution in [3.63, 3.8) is 0 Å². The summed E-state index contributed by atoms with van der Waals surface area (Å²) >= 11 is 0. The highest BCUT2D eigenvalue weighted by Crippen LogP contribution is 2.17. The molecule has 174 valence electrons. The summed E-state index contributed by atoms with van der Waals surface area (Å²) in [6.45, 7) is 3.57. The number of cyclic esters (lactones) is 1. The minimum atomic E-state index is -0.548. The number of hydrogen-bond donors (Lipinski definition) is 1. The molecule has 1 fully saturated rings. The smallest absolute Gasteiger partial charge is 0.367 e. The molecule has 32 heavy (non-hydrogen) atoms. The van der Waals surface area contributed by atoms with E-state index in [2.05, 4.69) is 30.0 Å². The molecule has 0 bridgehead atoms. The van der Waals surface area contributed by atoms with Crippen LogP contribution in [0.15, 0.2) is 60.7 Å². The van der Waals surface area contributed by atoms with Crippen LogP contribution in [-0.2, 0) is 36.6 Å². The van der Waals surface area contributed by atoms with Crippen molar-refractivity contribution in [1.29, 1.82) is 0 Å². The third-order valence-electron chi connectivity index (χ3n) is 5.61. The molecule has 4 atom stereocenters. The zero-order valence-electron chi connectivity index (χ0n) is 19.0. The molecular formula is C26H36NO5+. The molecule has 0 unspecified atom stereocenters. The first-order valence-corrected chi connectivity index (χ1v) is 11.6. The summed E-state index contributed by atoms with van der Waals surface area (Å²) in [6, 6.07) is 20.2. The molecule has 3 rings (SSSR count). The third kappa shape index (κ3) is 8.02. The van der Waals surface area contributed by atoms with Crippen LogP contribution < -0.4 is 5.73 Å². The van der Waals surface area contributed by atoms with E-state index in [4.69, 9.17) is 18.9 Å². The van der Waals surface area contributed by atoms with E-state index in [9.17, 15) is 4.79 Å². The second-order valence-corrected chi connectivity index (χ2v) is 8.30. The molecule has 0 aromatic heterocycles. The van der Waals surface area contributed by atoms with Gasteiger partial charge < -0.3 is 24.7 Å². The number of quaternary nitrogens is 1. The second-order valence-electron chi connectivity index (χ2n) is 8.30. The maximum atomic E-state index is 12.3. The van der Waals surface area contributed by atoms with E-state index in [0.29, 0.717) is 19.8 Å². The summed E-state index contributed by atoms with van der Waals surface area (Å²) in [6.07, 6.45) is 2.51. The number of esters is 1. The first-order chi connectivity index (χ1) is 15.6. The highest BCUT2D eigenvalue weighted by atomic mass is 16.6. The number of ether oxygens (including phenoxy) is 4. The maximum absolute atomic E-state index is 12.3. The maximum Gasteiger partial charge on any atom is 0.367 e. The van der Waals surface area contributed by atoms with Crippen LogP contribution in [0.4, 0.5) is 0 Å². The van der Waals surface area contributed by atoms with Gasteiger partial charge in [0, 0.05) is 13.2 Å². The molecule has 0 aliphatic carbocycles. The molecule has 1 heterocycles. The molecule has 1 saturated heterocycles. The van der Waals surface area contributed by atoms with Crippen molar-refractivity contribution in [2.24, 2.45) is 0 Å². The molecule has 1 aliphatic heterocycles. The van der Waals surface area contributed by atoms with E-state index in [1.165, 1.54) is 11.1 Å². The van der Waals surface area contributed by atoms with Gasteiger partial charge in [-0.15, -0.1) is 0 Å². The van der Waals surface area contributed by atoms with Gasteiger partial charge in [0.05, 0.1) is 6.61 Å². The van der Waals surface area contributed by atoms with Crippen LogP contribution in [0.1, 0.15) is 30.9 Å². The summed E-state index contributed by atoms with van der Waals surface area (Å²) in [7, 11) is 0. The van der Waals surface area contributed by atoms with Gasteiger partial charge in [0.25, 0.3) is 0 Å². The van der Waals surface area contributed by atoms with Crippen molar-refractivity contribution in [3.8, 4) is 0 Å². The standard InChI is InChI=1S/C26H35NO5/c1-20-25(31-17-9-15-22-12-6-3-7-13-22)24(19-29-18-23(27)26(28)32-20)30-16-8-14-21-10-4-2-5-11-21/h2-7,10-13,20,23-25H,8-9,14-19,27H2,1H3/p+1/t20-,23-,24-,25-/m0/s1. The minimum Gasteiger partial charge on any atom is -0.455 e. The fraction of sp³-hybridized carbons (Fsp3) is 0.500. The van der Waals surface area contributed by atoms with E-state index >= 15 is 0 Å². The number of aryl methyl sites for hydroxylation is 2. The highest BCUT2D eigenvalue weighted by Gasteiger charge is 2.35. The van der Waals surface area contributed by atoms with Gasteiger partial charge in [-0.25, -0.2) is 4.79 Å². The van der Waals surface area contributed by atoms with Crippen LogP contribution in [-0.4, -0.2) is 56.8 Å². The zero-order valence-corrected chi connectivity index (χ0v) is 19.0. The minimum absolute atomic E-state index is 0.218. The number of carbonyl (C=O) groups is 1. The van der Waals surface area contributed by atoms with Crippen molar-refractivity contribution in [1.82, 2.24) is 0 Å². The first kappa shape index (κ1) is 24.4. The normalized spacial score (nSPS) is 24.2. The van der Waals surface area contributed by atoms with E-state index in [-0.39, 0.29) is 18.7 Å². The lowest BCUT2D eigenvalue weighted by atomic mass is 10.1. The van der Waals surface area contributed by atoms with Crippen molar-refractivity contribution < 1.29 is 29.5 Å². The largest absolute Gasteiger partial charge is 0.455 e. The van der Waals surface area contributed by atoms with Crippen LogP contribution in [0.25, 0.3) is 0 Å². The van der Waals surface area contributed by atoms with E-state index in [0.717, 1.165) is 25.7 Å². The third-order valence-corrected chi connectivity index (χ3v) is 5.61. The number of carbonyl (C=O) groups excluding carboxylic acids is 1. The quantitative estimate of drug-likeness (QED) is 0.452. The van der Waals surface area contributed by atoms with Gasteiger partial charge in [-0.2, -0.15) is 0 Å². The van der Waals surface area contributed by atoms with E-state index in [1.54, 1.807) is 0 Å². The predicted molar refractivity (Wildman–Crippen MR) is 122 cm³/mol. The van der Waals surface area contributed by atoms with Crippen molar-refractivity contribution in [3.05, 3.63) is 71.8 Å². The van der Waals surface area contributed by atoms with Crippen molar-refractivity contribution >= 4 is 5.97 Å². The lowest BCUT2D eigenvalue weighted by Gasteiger charge is -2.30. The van der Waals surface area contributed by atoms with Gasteiger partial charge in [-0.1, -0.05) is 60.7 Å². The molecule has 0 amide bonds. The zero-order chi connectivity index (χ0) is 22.6. The molecule has 1 aliphatic rings. The van der Waals surface area contributed by atoms with E-state index < -0.39 is 18.2 Å². The molecule has 6 heteroatoms. The number of hydrogen-bond acceptors (Lipinski definition) is 5. The summed E-state index contributed by atoms with van der Waals surface area (Å²) < 4.78 is 23.8. The van der Waals surface area contributed by atoms with Gasteiger partial charge in [-0.3, -0.25) is 0 Å². The Morgan fingerprint density at radius 2 is 1.44 bits per heavy atom. The average molecular weight is 443 g/mol. The second kappa shape index (κ2) is 13.3.